The Kier molecular flexibility index (Phi) is 4.35. The van der Waals surface area contributed by atoms with E-state index in [0.29, 0.717) is 21.5 Å². The maximum Gasteiger partial charge on any atom is 0.224 e. The monoisotopic (exact) mass is 345 g/mol. The predicted octanol–water partition coefficient (Wildman–Crippen LogP) is 1.69. The minimum absolute atomic E-state index is 0.153. The number of carboxylic acids is 1. The standard InChI is InChI=1S/C15H14N4O2S2/c1-19(2)15-16-6-10(7-17-15)14-18-13(9-3-4-22-8-9)11(23-14)5-12(20)21/h3-4,6-8H,5H2,1-2H3,(H,20,21)/p-1. The summed E-state index contributed by atoms with van der Waals surface area (Å²) in [4.78, 5) is 26.6. The molecule has 3 aromatic rings. The number of thiophene rings is 1. The van der Waals surface area contributed by atoms with E-state index in [1.807, 2.05) is 35.8 Å². The van der Waals surface area contributed by atoms with Gasteiger partial charge >= 0.3 is 0 Å². The second-order valence-electron chi connectivity index (χ2n) is 5.02. The highest BCUT2D eigenvalue weighted by molar-refractivity contribution is 7.15. The third-order valence-corrected chi connectivity index (χ3v) is 4.87. The van der Waals surface area contributed by atoms with Crippen molar-refractivity contribution < 1.29 is 9.90 Å². The van der Waals surface area contributed by atoms with Gasteiger partial charge in [-0.25, -0.2) is 15.0 Å². The summed E-state index contributed by atoms with van der Waals surface area (Å²) in [7, 11) is 3.73. The lowest BCUT2D eigenvalue weighted by atomic mass is 10.2. The quantitative estimate of drug-likeness (QED) is 0.700. The van der Waals surface area contributed by atoms with E-state index in [1.54, 1.807) is 23.7 Å². The number of hydrogen-bond acceptors (Lipinski definition) is 8. The molecule has 0 aromatic carbocycles. The van der Waals surface area contributed by atoms with Crippen LogP contribution in [0.4, 0.5) is 5.95 Å². The van der Waals surface area contributed by atoms with E-state index in [0.717, 1.165) is 11.1 Å². The summed E-state index contributed by atoms with van der Waals surface area (Å²) in [5, 5.41) is 15.6. The van der Waals surface area contributed by atoms with Crippen molar-refractivity contribution in [3.05, 3.63) is 34.1 Å². The summed E-state index contributed by atoms with van der Waals surface area (Å²) >= 11 is 2.88. The maximum absolute atomic E-state index is 11.0. The SMILES string of the molecule is CN(C)c1ncc(-c2nc(-c3ccsc3)c(CC(=O)[O-])s2)cn1. The van der Waals surface area contributed by atoms with Crippen LogP contribution in [0.2, 0.25) is 0 Å². The van der Waals surface area contributed by atoms with E-state index in [1.165, 1.54) is 11.3 Å². The molecule has 0 aliphatic rings. The summed E-state index contributed by atoms with van der Waals surface area (Å²) in [6, 6.07) is 1.92. The van der Waals surface area contributed by atoms with Crippen molar-refractivity contribution in [3.63, 3.8) is 0 Å². The van der Waals surface area contributed by atoms with Crippen LogP contribution in [0.15, 0.2) is 29.2 Å². The van der Waals surface area contributed by atoms with Gasteiger partial charge in [0.2, 0.25) is 5.95 Å². The van der Waals surface area contributed by atoms with Gasteiger partial charge in [0.05, 0.1) is 5.69 Å². The summed E-state index contributed by atoms with van der Waals surface area (Å²) in [5.74, 6) is -0.505. The first kappa shape index (κ1) is 15.6. The van der Waals surface area contributed by atoms with Gasteiger partial charge in [0, 0.05) is 60.3 Å². The van der Waals surface area contributed by atoms with Crippen LogP contribution in [0.1, 0.15) is 4.88 Å². The highest BCUT2D eigenvalue weighted by Crippen LogP contribution is 2.34. The average Bonchev–Trinajstić information content (AvgIpc) is 3.16. The smallest absolute Gasteiger partial charge is 0.224 e. The van der Waals surface area contributed by atoms with Gasteiger partial charge in [-0.1, -0.05) is 0 Å². The minimum atomic E-state index is -1.11. The zero-order valence-electron chi connectivity index (χ0n) is 12.5. The first-order valence-electron chi connectivity index (χ1n) is 6.76. The fraction of sp³-hybridized carbons (Fsp3) is 0.200. The zero-order valence-corrected chi connectivity index (χ0v) is 14.1. The number of hydrogen-bond donors (Lipinski definition) is 0. The van der Waals surface area contributed by atoms with Crippen molar-refractivity contribution in [1.82, 2.24) is 15.0 Å². The molecule has 0 spiro atoms. The largest absolute Gasteiger partial charge is 0.550 e. The molecule has 3 aromatic heterocycles. The van der Waals surface area contributed by atoms with E-state index in [4.69, 9.17) is 0 Å². The van der Waals surface area contributed by atoms with Gasteiger partial charge in [0.15, 0.2) is 0 Å². The van der Waals surface area contributed by atoms with Gasteiger partial charge in [-0.2, -0.15) is 11.3 Å². The molecule has 0 aliphatic heterocycles. The van der Waals surface area contributed by atoms with Crippen molar-refractivity contribution in [3.8, 4) is 21.8 Å². The Balaban J connectivity index is 2.01. The molecule has 0 amide bonds. The Morgan fingerprint density at radius 2 is 2.00 bits per heavy atom. The summed E-state index contributed by atoms with van der Waals surface area (Å²) in [6.45, 7) is 0. The van der Waals surface area contributed by atoms with E-state index in [-0.39, 0.29) is 6.42 Å². The van der Waals surface area contributed by atoms with Crippen molar-refractivity contribution >= 4 is 34.6 Å². The number of carboxylic acid groups (broad SMARTS) is 1. The molecule has 0 unspecified atom stereocenters. The molecule has 0 fully saturated rings. The zero-order chi connectivity index (χ0) is 16.4. The molecule has 0 radical (unpaired) electrons. The summed E-state index contributed by atoms with van der Waals surface area (Å²) in [6.07, 6.45) is 3.24. The van der Waals surface area contributed by atoms with Crippen molar-refractivity contribution in [1.29, 1.82) is 0 Å². The second-order valence-corrected chi connectivity index (χ2v) is 6.88. The molecule has 0 saturated carbocycles. The number of nitrogens with zero attached hydrogens (tertiary/aromatic N) is 4. The molecule has 118 valence electrons. The highest BCUT2D eigenvalue weighted by Gasteiger charge is 2.15. The fourth-order valence-electron chi connectivity index (χ4n) is 2.01. The second kappa shape index (κ2) is 6.43. The van der Waals surface area contributed by atoms with Crippen LogP contribution in [0.5, 0.6) is 0 Å². The molecule has 0 N–H and O–H groups in total. The van der Waals surface area contributed by atoms with Gasteiger partial charge in [-0.15, -0.1) is 11.3 Å². The Morgan fingerprint density at radius 1 is 1.26 bits per heavy atom. The van der Waals surface area contributed by atoms with E-state index in [2.05, 4.69) is 15.0 Å². The number of thiazole rings is 1. The molecule has 3 heterocycles. The lowest BCUT2D eigenvalue weighted by Gasteiger charge is -2.08. The first-order valence-corrected chi connectivity index (χ1v) is 8.52. The van der Waals surface area contributed by atoms with E-state index >= 15 is 0 Å². The number of rotatable bonds is 5. The number of anilines is 1. The van der Waals surface area contributed by atoms with E-state index < -0.39 is 5.97 Å². The van der Waals surface area contributed by atoms with Gasteiger partial charge < -0.3 is 14.8 Å². The maximum atomic E-state index is 11.0. The Hall–Kier alpha value is -2.32. The highest BCUT2D eigenvalue weighted by atomic mass is 32.1. The van der Waals surface area contributed by atoms with Gasteiger partial charge in [-0.3, -0.25) is 0 Å². The molecule has 0 saturated heterocycles. The molecule has 23 heavy (non-hydrogen) atoms. The molecule has 3 rings (SSSR count). The van der Waals surface area contributed by atoms with Crippen LogP contribution in [0.25, 0.3) is 21.8 Å². The third-order valence-electron chi connectivity index (χ3n) is 3.08. The van der Waals surface area contributed by atoms with Crippen LogP contribution < -0.4 is 10.0 Å². The van der Waals surface area contributed by atoms with Crippen LogP contribution in [-0.2, 0) is 11.2 Å². The Bertz CT molecular complexity index is 811. The molecular formula is C15H13N4O2S2-. The van der Waals surface area contributed by atoms with Crippen LogP contribution in [0.3, 0.4) is 0 Å². The van der Waals surface area contributed by atoms with Crippen molar-refractivity contribution in [2.75, 3.05) is 19.0 Å². The number of carbonyl (C=O) groups is 1. The van der Waals surface area contributed by atoms with Crippen LogP contribution in [-0.4, -0.2) is 35.0 Å². The van der Waals surface area contributed by atoms with Crippen molar-refractivity contribution in [2.24, 2.45) is 0 Å². The summed E-state index contributed by atoms with van der Waals surface area (Å²) in [5.41, 5.74) is 2.37. The third kappa shape index (κ3) is 3.38. The lowest BCUT2D eigenvalue weighted by Crippen LogP contribution is -2.24. The Labute approximate surface area is 141 Å². The molecular weight excluding hydrogens is 332 g/mol. The topological polar surface area (TPSA) is 82.0 Å². The molecule has 6 nitrogen and oxygen atoms in total. The van der Waals surface area contributed by atoms with Gasteiger partial charge in [0.25, 0.3) is 0 Å². The predicted molar refractivity (Wildman–Crippen MR) is 89.5 cm³/mol. The number of aromatic nitrogens is 3. The molecule has 0 aliphatic carbocycles. The minimum Gasteiger partial charge on any atom is -0.550 e. The Morgan fingerprint density at radius 3 is 2.57 bits per heavy atom. The first-order chi connectivity index (χ1) is 11.0. The van der Waals surface area contributed by atoms with Crippen molar-refractivity contribution in [2.45, 2.75) is 6.42 Å². The van der Waals surface area contributed by atoms with Crippen LogP contribution >= 0.6 is 22.7 Å². The summed E-state index contributed by atoms with van der Waals surface area (Å²) < 4.78 is 0. The molecule has 0 bridgehead atoms. The van der Waals surface area contributed by atoms with E-state index in [9.17, 15) is 9.90 Å². The van der Waals surface area contributed by atoms with Gasteiger partial charge in [-0.05, 0) is 11.4 Å². The molecule has 8 heteroatoms. The lowest BCUT2D eigenvalue weighted by molar-refractivity contribution is -0.304. The normalized spacial score (nSPS) is 10.7. The number of carbonyl (C=O) groups excluding carboxylic acids is 1. The van der Waals surface area contributed by atoms with Gasteiger partial charge in [0.1, 0.15) is 5.01 Å². The molecule has 0 atom stereocenters. The van der Waals surface area contributed by atoms with Crippen LogP contribution in [0, 0.1) is 0 Å². The average molecular weight is 345 g/mol. The fourth-order valence-corrected chi connectivity index (χ4v) is 3.70. The number of aliphatic carboxylic acids is 1.